The molecule has 0 unspecified atom stereocenters. The number of sulfonamides is 4. The van der Waals surface area contributed by atoms with Crippen molar-refractivity contribution in [3.8, 4) is 56.8 Å². The number of carbonyl (C=O) groups excluding carboxylic acids is 1. The summed E-state index contributed by atoms with van der Waals surface area (Å²) in [5.41, 5.74) is 5.97. The lowest BCUT2D eigenvalue weighted by Gasteiger charge is -2.25. The van der Waals surface area contributed by atoms with Crippen molar-refractivity contribution in [2.75, 3.05) is 13.2 Å². The predicted octanol–water partition coefficient (Wildman–Crippen LogP) is 13.3. The number of nitrogens with zero attached hydrogens (tertiary/aromatic N) is 10. The number of rotatable bonds is 25. The van der Waals surface area contributed by atoms with Crippen LogP contribution in [0.1, 0.15) is 46.3 Å². The zero-order valence-corrected chi connectivity index (χ0v) is 62.1. The minimum atomic E-state index is -5.10. The van der Waals surface area contributed by atoms with Crippen molar-refractivity contribution in [3.63, 3.8) is 0 Å². The van der Waals surface area contributed by atoms with Crippen LogP contribution in [0.5, 0.6) is 23.0 Å². The van der Waals surface area contributed by atoms with Crippen LogP contribution >= 0.6 is 0 Å². The Bertz CT molecular complexity index is 6020. The van der Waals surface area contributed by atoms with Crippen LogP contribution in [0.2, 0.25) is 0 Å². The number of benzene rings is 10. The molecule has 572 valence electrons. The molecular weight excluding hydrogens is 1540 g/mol. The van der Waals surface area contributed by atoms with E-state index in [1.54, 1.807) is 91.0 Å². The molecule has 3 heterocycles. The van der Waals surface area contributed by atoms with Crippen LogP contribution in [-0.4, -0.2) is 99.6 Å². The van der Waals surface area contributed by atoms with Crippen molar-refractivity contribution < 1.29 is 73.3 Å². The molecule has 0 saturated carbocycles. The second-order valence-electron chi connectivity index (χ2n) is 24.4. The van der Waals surface area contributed by atoms with E-state index in [0.29, 0.717) is 57.9 Å². The van der Waals surface area contributed by atoms with Gasteiger partial charge in [0.05, 0.1) is 88.0 Å². The van der Waals surface area contributed by atoms with Gasteiger partial charge in [-0.3, -0.25) is 44.6 Å². The van der Waals surface area contributed by atoms with Gasteiger partial charge in [-0.25, -0.2) is 46.7 Å². The molecule has 35 heteroatoms. The average molecular weight is 1600 g/mol. The number of aromatic nitrogens is 6. The van der Waals surface area contributed by atoms with Crippen molar-refractivity contribution in [2.45, 2.75) is 46.6 Å². The van der Waals surface area contributed by atoms with E-state index in [2.05, 4.69) is 39.3 Å². The maximum Gasteiger partial charge on any atom is 0.308 e. The summed E-state index contributed by atoms with van der Waals surface area (Å²) < 4.78 is 119. The number of hydrogen-bond donors (Lipinski definition) is 5. The summed E-state index contributed by atoms with van der Waals surface area (Å²) in [5, 5.41) is 61.8. The number of ether oxygens (including phenoxy) is 1. The third-order valence-corrected chi connectivity index (χ3v) is 23.0. The molecule has 0 aliphatic carbocycles. The SMILES string of the molecule is CC(=O)Oc1ccc(-c2cnc(N(S(=O)(=O)c3ccc([N+](=O)[O-])cc3)S(=O)(=O)c3ccc([N+](=O)[O-])cc3)c(Cc3ccccc3)n2)cc1.O=S(=O)(Cc1ccc(O)cc1)Nc1ncc(-c2ccc(O)cc2)nc1Cc1ccccc1.O=[N+]([O-])c1ccc(S(=O)(=O)Nc2ncc(-c3ccc(O)cc3)nc2Cc2ccccc2)cc1. The second kappa shape index (κ2) is 34.9. The highest BCUT2D eigenvalue weighted by Gasteiger charge is 2.41. The van der Waals surface area contributed by atoms with E-state index in [1.165, 1.54) is 55.7 Å². The fourth-order valence-corrected chi connectivity index (χ4v) is 16.7. The minimum Gasteiger partial charge on any atom is -0.508 e. The van der Waals surface area contributed by atoms with Gasteiger partial charge in [0.2, 0.25) is 10.0 Å². The number of phenols is 3. The van der Waals surface area contributed by atoms with Gasteiger partial charge in [0.1, 0.15) is 23.0 Å². The van der Waals surface area contributed by atoms with Gasteiger partial charge < -0.3 is 20.1 Å². The molecule has 13 rings (SSSR count). The first-order valence-electron chi connectivity index (χ1n) is 33.4. The molecule has 0 amide bonds. The van der Waals surface area contributed by atoms with Crippen molar-refractivity contribution in [2.24, 2.45) is 0 Å². The van der Waals surface area contributed by atoms with Crippen molar-refractivity contribution in [3.05, 3.63) is 349 Å². The molecule has 0 bridgehead atoms. The molecule has 31 nitrogen and oxygen atoms in total. The number of anilines is 3. The lowest BCUT2D eigenvalue weighted by atomic mass is 10.1. The molecule has 10 aromatic carbocycles. The molecule has 0 atom stereocenters. The van der Waals surface area contributed by atoms with Gasteiger partial charge in [-0.05, 0) is 144 Å². The number of aromatic hydroxyl groups is 3. The molecule has 113 heavy (non-hydrogen) atoms. The molecule has 0 radical (unpaired) electrons. The summed E-state index contributed by atoms with van der Waals surface area (Å²) in [6.45, 7) is 1.25. The lowest BCUT2D eigenvalue weighted by molar-refractivity contribution is -0.385. The summed E-state index contributed by atoms with van der Waals surface area (Å²) in [5.74, 6) is -0.589. The maximum absolute atomic E-state index is 14.3. The Labute approximate surface area is 645 Å². The number of non-ortho nitro benzene ring substituents is 3. The molecule has 0 spiro atoms. The van der Waals surface area contributed by atoms with E-state index >= 15 is 0 Å². The molecule has 0 aliphatic heterocycles. The van der Waals surface area contributed by atoms with E-state index in [-0.39, 0.29) is 72.5 Å². The first kappa shape index (κ1) is 79.7. The highest BCUT2D eigenvalue weighted by molar-refractivity contribution is 8.10. The number of nitro groups is 3. The summed E-state index contributed by atoms with van der Waals surface area (Å²) in [6, 6.07) is 64.5. The van der Waals surface area contributed by atoms with Gasteiger partial charge in [-0.2, -0.15) is 16.8 Å². The van der Waals surface area contributed by atoms with Crippen LogP contribution in [0, 0.1) is 30.3 Å². The van der Waals surface area contributed by atoms with Gasteiger partial charge in [0.25, 0.3) is 47.1 Å². The first-order chi connectivity index (χ1) is 54.0. The Balaban J connectivity index is 0.000000172. The number of carbonyl (C=O) groups is 1. The van der Waals surface area contributed by atoms with Crippen molar-refractivity contribution in [1.82, 2.24) is 29.9 Å². The highest BCUT2D eigenvalue weighted by atomic mass is 32.3. The number of nitro benzene ring substituents is 3. The molecule has 0 fully saturated rings. The molecule has 0 aliphatic rings. The molecule has 13 aromatic rings. The Morgan fingerprint density at radius 3 is 1.10 bits per heavy atom. The topological polar surface area (TPSA) is 458 Å². The fraction of sp³-hybridized carbons (Fsp3) is 0.0641. The van der Waals surface area contributed by atoms with E-state index < -0.39 is 87.8 Å². The molecular formula is C78H62N12O19S4. The van der Waals surface area contributed by atoms with Crippen LogP contribution in [-0.2, 0) is 69.9 Å². The zero-order valence-electron chi connectivity index (χ0n) is 58.9. The van der Waals surface area contributed by atoms with Gasteiger partial charge >= 0.3 is 5.97 Å². The largest absolute Gasteiger partial charge is 0.508 e. The monoisotopic (exact) mass is 1600 g/mol. The third kappa shape index (κ3) is 20.7. The van der Waals surface area contributed by atoms with E-state index in [0.717, 1.165) is 95.7 Å². The number of phenolic OH excluding ortho intramolecular Hbond substituents is 3. The number of esters is 1. The summed E-state index contributed by atoms with van der Waals surface area (Å²) in [4.78, 5) is 68.1. The molecule has 5 N–H and O–H groups in total. The van der Waals surface area contributed by atoms with Gasteiger partial charge in [0, 0.05) is 79.3 Å². The van der Waals surface area contributed by atoms with Crippen LogP contribution in [0.25, 0.3) is 33.8 Å². The second-order valence-corrected chi connectivity index (χ2v) is 31.6. The predicted molar refractivity (Wildman–Crippen MR) is 416 cm³/mol. The van der Waals surface area contributed by atoms with E-state index in [9.17, 15) is 84.1 Å². The summed E-state index contributed by atoms with van der Waals surface area (Å²) in [7, 11) is -18.0. The van der Waals surface area contributed by atoms with Crippen LogP contribution in [0.15, 0.2) is 294 Å². The molecule has 3 aromatic heterocycles. The van der Waals surface area contributed by atoms with Crippen LogP contribution in [0.4, 0.5) is 34.5 Å². The third-order valence-electron chi connectivity index (χ3n) is 16.3. The Kier molecular flexibility index (Phi) is 24.7. The smallest absolute Gasteiger partial charge is 0.308 e. The summed E-state index contributed by atoms with van der Waals surface area (Å²) in [6.07, 6.45) is 4.71. The fourth-order valence-electron chi connectivity index (χ4n) is 10.8. The quantitative estimate of drug-likeness (QED) is 0.0153. The molecule has 0 saturated heterocycles. The van der Waals surface area contributed by atoms with Crippen molar-refractivity contribution >= 4 is 80.6 Å². The standard InChI is InChI=1S/C31H23N5O10S2.C24H21N3O4S.C23H18N4O5S/c1-21(37)46-26-13-7-23(8-14-26)30-20-32-31(29(33-30)19-22-5-3-2-4-6-22)36(47(42,43)27-15-9-24(10-16-27)34(38)39)48(44,45)28-17-11-25(12-18-28)35(40)41;28-20-10-6-18(7-11-20)16-32(30,31)27-24-22(14-17-4-2-1-3-5-17)26-23(15-25-24)19-8-12-21(29)13-9-19;28-19-10-6-17(7-11-19)22-15-24-23(21(25-22)14-16-4-2-1-3-5-16)26-33(31,32)20-12-8-18(9-13-20)27(29)30/h2-18,20H,19H2,1H3;1-13,15,28-29H,14,16H2,(H,25,27);1-13,15,28H,14H2,(H,24,26). The van der Waals surface area contributed by atoms with Gasteiger partial charge in [-0.1, -0.05) is 103 Å². The van der Waals surface area contributed by atoms with E-state index in [1.807, 2.05) is 60.7 Å². The maximum atomic E-state index is 14.3. The Morgan fingerprint density at radius 2 is 0.726 bits per heavy atom. The Hall–Kier alpha value is -14.3. The lowest BCUT2D eigenvalue weighted by Crippen LogP contribution is -2.38. The Morgan fingerprint density at radius 1 is 0.398 bits per heavy atom. The van der Waals surface area contributed by atoms with Crippen LogP contribution < -0.4 is 17.9 Å². The minimum absolute atomic E-state index is 0.0553. The van der Waals surface area contributed by atoms with Gasteiger partial charge in [-0.15, -0.1) is 3.71 Å². The zero-order chi connectivity index (χ0) is 80.6. The normalized spacial score (nSPS) is 11.3. The summed E-state index contributed by atoms with van der Waals surface area (Å²) >= 11 is 0. The highest BCUT2D eigenvalue weighted by Crippen LogP contribution is 2.36. The number of nitrogens with one attached hydrogen (secondary N) is 2. The van der Waals surface area contributed by atoms with Crippen molar-refractivity contribution in [1.29, 1.82) is 0 Å². The first-order valence-corrected chi connectivity index (χ1v) is 39.4. The van der Waals surface area contributed by atoms with Gasteiger partial charge in [0.15, 0.2) is 17.5 Å². The average Bonchev–Trinajstić information content (AvgIpc) is 0.738. The van der Waals surface area contributed by atoms with Crippen LogP contribution in [0.3, 0.4) is 0 Å². The number of hydrogen-bond acceptors (Lipinski definition) is 25. The van der Waals surface area contributed by atoms with E-state index in [4.69, 9.17) is 4.74 Å².